The molecular formula is C12H10N6. The highest BCUT2D eigenvalue weighted by molar-refractivity contribution is 5.66. The number of hydrogen-bond acceptors (Lipinski definition) is 6. The first-order chi connectivity index (χ1) is 8.78. The quantitative estimate of drug-likeness (QED) is 0.797. The Morgan fingerprint density at radius 3 is 2.89 bits per heavy atom. The Hall–Kier alpha value is -2.68. The Bertz CT molecular complexity index is 645. The normalized spacial score (nSPS) is 13.2. The lowest BCUT2D eigenvalue weighted by atomic mass is 10.2. The van der Waals surface area contributed by atoms with E-state index < -0.39 is 0 Å². The van der Waals surface area contributed by atoms with E-state index in [1.54, 1.807) is 0 Å². The molecule has 0 aliphatic carbocycles. The maximum Gasteiger partial charge on any atom is 0.238 e. The Balaban J connectivity index is 2.08. The second-order valence-corrected chi connectivity index (χ2v) is 3.96. The number of aromatic nitrogens is 3. The van der Waals surface area contributed by atoms with E-state index in [-0.39, 0.29) is 11.8 Å². The number of nitrogen functional groups attached to an aromatic ring is 1. The Labute approximate surface area is 104 Å². The molecule has 0 radical (unpaired) electrons. The van der Waals surface area contributed by atoms with E-state index in [1.165, 1.54) is 5.56 Å². The van der Waals surface area contributed by atoms with Gasteiger partial charge in [0.25, 0.3) is 0 Å². The van der Waals surface area contributed by atoms with Crippen LogP contribution in [0.3, 0.4) is 0 Å². The van der Waals surface area contributed by atoms with Gasteiger partial charge in [-0.15, -0.1) is 0 Å². The Kier molecular flexibility index (Phi) is 2.31. The van der Waals surface area contributed by atoms with Crippen LogP contribution in [-0.4, -0.2) is 21.5 Å². The molecule has 0 saturated carbocycles. The van der Waals surface area contributed by atoms with Crippen LogP contribution in [-0.2, 0) is 6.42 Å². The van der Waals surface area contributed by atoms with E-state index >= 15 is 0 Å². The van der Waals surface area contributed by atoms with Crippen molar-refractivity contribution in [1.29, 1.82) is 5.26 Å². The average Bonchev–Trinajstić information content (AvgIpc) is 2.81. The first-order valence-corrected chi connectivity index (χ1v) is 5.55. The van der Waals surface area contributed by atoms with Crippen molar-refractivity contribution in [2.75, 3.05) is 17.2 Å². The largest absolute Gasteiger partial charge is 0.368 e. The van der Waals surface area contributed by atoms with Gasteiger partial charge in [-0.25, -0.2) is 0 Å². The van der Waals surface area contributed by atoms with Crippen molar-refractivity contribution < 1.29 is 0 Å². The molecule has 1 aliphatic rings. The number of anilines is 3. The molecule has 1 aromatic heterocycles. The van der Waals surface area contributed by atoms with Gasteiger partial charge in [0, 0.05) is 12.2 Å². The van der Waals surface area contributed by atoms with Gasteiger partial charge < -0.3 is 10.6 Å². The average molecular weight is 238 g/mol. The fourth-order valence-electron chi connectivity index (χ4n) is 2.10. The summed E-state index contributed by atoms with van der Waals surface area (Å²) in [6.07, 6.45) is 0.934. The van der Waals surface area contributed by atoms with Crippen LogP contribution in [0.15, 0.2) is 24.3 Å². The van der Waals surface area contributed by atoms with Crippen LogP contribution in [0, 0.1) is 11.3 Å². The smallest absolute Gasteiger partial charge is 0.238 e. The molecule has 1 aromatic carbocycles. The summed E-state index contributed by atoms with van der Waals surface area (Å²) >= 11 is 0. The number of rotatable bonds is 1. The van der Waals surface area contributed by atoms with Crippen LogP contribution in [0.5, 0.6) is 0 Å². The van der Waals surface area contributed by atoms with E-state index in [9.17, 15) is 0 Å². The number of nitrogens with two attached hydrogens (primary N) is 1. The van der Waals surface area contributed by atoms with Gasteiger partial charge >= 0.3 is 0 Å². The van der Waals surface area contributed by atoms with E-state index in [0.29, 0.717) is 5.95 Å². The SMILES string of the molecule is N#Cc1nc(N)nc(N2CCc3ccccc32)n1. The zero-order chi connectivity index (χ0) is 12.5. The molecule has 6 nitrogen and oxygen atoms in total. The molecular weight excluding hydrogens is 228 g/mol. The van der Waals surface area contributed by atoms with Gasteiger partial charge in [-0.2, -0.15) is 20.2 Å². The van der Waals surface area contributed by atoms with Gasteiger partial charge in [0.15, 0.2) is 0 Å². The highest BCUT2D eigenvalue weighted by atomic mass is 15.3. The summed E-state index contributed by atoms with van der Waals surface area (Å²) in [5, 5.41) is 8.85. The fourth-order valence-corrected chi connectivity index (χ4v) is 2.10. The van der Waals surface area contributed by atoms with Crippen LogP contribution in [0.2, 0.25) is 0 Å². The molecule has 1 aliphatic heterocycles. The molecule has 0 spiro atoms. The van der Waals surface area contributed by atoms with Crippen molar-refractivity contribution in [2.24, 2.45) is 0 Å². The summed E-state index contributed by atoms with van der Waals surface area (Å²) in [4.78, 5) is 13.9. The molecule has 0 unspecified atom stereocenters. The summed E-state index contributed by atoms with van der Waals surface area (Å²) in [5.41, 5.74) is 7.89. The number of hydrogen-bond donors (Lipinski definition) is 1. The molecule has 2 heterocycles. The molecule has 0 atom stereocenters. The highest BCUT2D eigenvalue weighted by Gasteiger charge is 2.22. The molecule has 0 amide bonds. The molecule has 18 heavy (non-hydrogen) atoms. The number of benzene rings is 1. The number of nitrogens with zero attached hydrogens (tertiary/aromatic N) is 5. The zero-order valence-electron chi connectivity index (χ0n) is 9.54. The first kappa shape index (κ1) is 10.5. The van der Waals surface area contributed by atoms with Crippen LogP contribution >= 0.6 is 0 Å². The summed E-state index contributed by atoms with van der Waals surface area (Å²) in [6, 6.07) is 9.94. The maximum atomic E-state index is 8.85. The number of nitriles is 1. The van der Waals surface area contributed by atoms with Gasteiger partial charge in [0.05, 0.1) is 0 Å². The van der Waals surface area contributed by atoms with E-state index in [4.69, 9.17) is 11.0 Å². The topological polar surface area (TPSA) is 91.7 Å². The second kappa shape index (κ2) is 3.96. The third-order valence-electron chi connectivity index (χ3n) is 2.87. The van der Waals surface area contributed by atoms with Crippen LogP contribution in [0.1, 0.15) is 11.4 Å². The van der Waals surface area contributed by atoms with Crippen molar-refractivity contribution in [3.63, 3.8) is 0 Å². The standard InChI is InChI=1S/C12H10N6/c13-7-10-15-11(14)17-12(16-10)18-6-5-8-3-1-2-4-9(8)18/h1-4H,5-6H2,(H2,14,15,16,17). The molecule has 2 N–H and O–H groups in total. The molecule has 0 saturated heterocycles. The third-order valence-corrected chi connectivity index (χ3v) is 2.87. The molecule has 0 bridgehead atoms. The second-order valence-electron chi connectivity index (χ2n) is 3.96. The van der Waals surface area contributed by atoms with Crippen molar-refractivity contribution in [3.8, 4) is 6.07 Å². The molecule has 0 fully saturated rings. The summed E-state index contributed by atoms with van der Waals surface area (Å²) in [6.45, 7) is 0.785. The van der Waals surface area contributed by atoms with E-state index in [2.05, 4.69) is 21.0 Å². The minimum Gasteiger partial charge on any atom is -0.368 e. The molecule has 6 heteroatoms. The van der Waals surface area contributed by atoms with Crippen molar-refractivity contribution in [2.45, 2.75) is 6.42 Å². The molecule has 3 rings (SSSR count). The zero-order valence-corrected chi connectivity index (χ0v) is 9.54. The fraction of sp³-hybridized carbons (Fsp3) is 0.167. The Morgan fingerprint density at radius 2 is 2.06 bits per heavy atom. The van der Waals surface area contributed by atoms with Gasteiger partial charge in [0.2, 0.25) is 17.7 Å². The van der Waals surface area contributed by atoms with E-state index in [1.807, 2.05) is 29.2 Å². The number of fused-ring (bicyclic) bond motifs is 1. The highest BCUT2D eigenvalue weighted by Crippen LogP contribution is 2.32. The van der Waals surface area contributed by atoms with Crippen LogP contribution < -0.4 is 10.6 Å². The van der Waals surface area contributed by atoms with Gasteiger partial charge in [-0.3, -0.25) is 0 Å². The van der Waals surface area contributed by atoms with Crippen LogP contribution in [0.25, 0.3) is 0 Å². The predicted octanol–water partition coefficient (Wildman–Crippen LogP) is 1.02. The van der Waals surface area contributed by atoms with Crippen molar-refractivity contribution >= 4 is 17.6 Å². The van der Waals surface area contributed by atoms with Gasteiger partial charge in [-0.1, -0.05) is 18.2 Å². The van der Waals surface area contributed by atoms with Gasteiger partial charge in [0.1, 0.15) is 6.07 Å². The lowest BCUT2D eigenvalue weighted by Crippen LogP contribution is -2.18. The van der Waals surface area contributed by atoms with Crippen molar-refractivity contribution in [3.05, 3.63) is 35.7 Å². The lowest BCUT2D eigenvalue weighted by Gasteiger charge is -2.16. The minimum atomic E-state index is 0.0434. The number of para-hydroxylation sites is 1. The maximum absolute atomic E-state index is 8.85. The van der Waals surface area contributed by atoms with E-state index in [0.717, 1.165) is 18.7 Å². The lowest BCUT2D eigenvalue weighted by molar-refractivity contribution is 0.914. The van der Waals surface area contributed by atoms with Crippen molar-refractivity contribution in [1.82, 2.24) is 15.0 Å². The summed E-state index contributed by atoms with van der Waals surface area (Å²) < 4.78 is 0. The molecule has 88 valence electrons. The minimum absolute atomic E-state index is 0.0434. The summed E-state index contributed by atoms with van der Waals surface area (Å²) in [7, 11) is 0. The summed E-state index contributed by atoms with van der Waals surface area (Å²) in [5.74, 6) is 0.548. The van der Waals surface area contributed by atoms with Gasteiger partial charge in [-0.05, 0) is 18.1 Å². The Morgan fingerprint density at radius 1 is 1.22 bits per heavy atom. The predicted molar refractivity (Wildman–Crippen MR) is 66.1 cm³/mol. The van der Waals surface area contributed by atoms with Crippen LogP contribution in [0.4, 0.5) is 17.6 Å². The monoisotopic (exact) mass is 238 g/mol. The third kappa shape index (κ3) is 1.62. The first-order valence-electron chi connectivity index (χ1n) is 5.55. The molecule has 2 aromatic rings.